The lowest BCUT2D eigenvalue weighted by Gasteiger charge is -2.09. The number of rotatable bonds is 3. The first kappa shape index (κ1) is 14.4. The second-order valence-corrected chi connectivity index (χ2v) is 4.50. The van der Waals surface area contributed by atoms with Gasteiger partial charge in [-0.15, -0.1) is 0 Å². The number of halogens is 4. The molecule has 0 saturated carbocycles. The molecular weight excluding hydrogens is 294 g/mol. The van der Waals surface area contributed by atoms with Gasteiger partial charge in [0.1, 0.15) is 10.8 Å². The Balaban J connectivity index is 2.31. The molecule has 0 fully saturated rings. The summed E-state index contributed by atoms with van der Waals surface area (Å²) in [7, 11) is 0. The molecule has 0 spiro atoms. The molecule has 0 saturated heterocycles. The molecule has 0 aliphatic carbocycles. The van der Waals surface area contributed by atoms with E-state index in [1.54, 1.807) is 0 Å². The van der Waals surface area contributed by atoms with Crippen LogP contribution in [0.1, 0.15) is 16.8 Å². The van der Waals surface area contributed by atoms with Gasteiger partial charge in [-0.3, -0.25) is 4.68 Å². The van der Waals surface area contributed by atoms with E-state index in [1.807, 2.05) is 0 Å². The van der Waals surface area contributed by atoms with Crippen molar-refractivity contribution in [3.63, 3.8) is 0 Å². The van der Waals surface area contributed by atoms with Crippen LogP contribution in [0.15, 0.2) is 30.5 Å². The lowest BCUT2D eigenvalue weighted by Crippen LogP contribution is -2.15. The summed E-state index contributed by atoms with van der Waals surface area (Å²) in [5.74, 6) is -0.520. The first-order valence-electron chi connectivity index (χ1n) is 5.46. The zero-order valence-electron chi connectivity index (χ0n) is 9.99. The average Bonchev–Trinajstić information content (AvgIpc) is 2.79. The number of benzene rings is 1. The van der Waals surface area contributed by atoms with Crippen LogP contribution in [0.3, 0.4) is 0 Å². The molecule has 2 aromatic rings. The van der Waals surface area contributed by atoms with Crippen molar-refractivity contribution in [2.45, 2.75) is 12.7 Å². The average molecular weight is 303 g/mol. The maximum atomic E-state index is 13.1. The van der Waals surface area contributed by atoms with Crippen molar-refractivity contribution >= 4 is 17.2 Å². The number of thiocarbonyl (C=S) groups is 1. The molecule has 0 amide bonds. The van der Waals surface area contributed by atoms with Gasteiger partial charge in [0.2, 0.25) is 0 Å². The van der Waals surface area contributed by atoms with Crippen molar-refractivity contribution in [1.29, 1.82) is 0 Å². The van der Waals surface area contributed by atoms with Crippen molar-refractivity contribution in [2.24, 2.45) is 5.73 Å². The Kier molecular flexibility index (Phi) is 3.76. The molecule has 0 aliphatic heterocycles. The molecule has 0 bridgehead atoms. The molecule has 8 heteroatoms. The Bertz CT molecular complexity index is 648. The summed E-state index contributed by atoms with van der Waals surface area (Å²) in [6, 6.07) is 4.61. The Morgan fingerprint density at radius 3 is 2.55 bits per heavy atom. The fourth-order valence-corrected chi connectivity index (χ4v) is 1.88. The van der Waals surface area contributed by atoms with Gasteiger partial charge in [-0.25, -0.2) is 4.39 Å². The highest BCUT2D eigenvalue weighted by atomic mass is 32.1. The molecule has 0 atom stereocenters. The van der Waals surface area contributed by atoms with Crippen LogP contribution in [0.2, 0.25) is 0 Å². The smallest absolute Gasteiger partial charge is 0.389 e. The molecule has 1 heterocycles. The summed E-state index contributed by atoms with van der Waals surface area (Å²) in [5.41, 5.74) is 5.25. The number of nitrogens with zero attached hydrogens (tertiary/aromatic N) is 2. The van der Waals surface area contributed by atoms with Crippen molar-refractivity contribution in [3.8, 4) is 0 Å². The van der Waals surface area contributed by atoms with Crippen molar-refractivity contribution < 1.29 is 17.6 Å². The summed E-state index contributed by atoms with van der Waals surface area (Å²) in [6.45, 7) is 0.0169. The van der Waals surface area contributed by atoms with Gasteiger partial charge in [0, 0.05) is 11.8 Å². The second kappa shape index (κ2) is 5.20. The molecule has 2 rings (SSSR count). The first-order valence-corrected chi connectivity index (χ1v) is 5.87. The number of hydrogen-bond acceptors (Lipinski definition) is 2. The van der Waals surface area contributed by atoms with E-state index < -0.39 is 17.7 Å². The molecule has 106 valence electrons. The Labute approximate surface area is 117 Å². The van der Waals surface area contributed by atoms with Gasteiger partial charge in [-0.2, -0.15) is 18.3 Å². The van der Waals surface area contributed by atoms with Crippen LogP contribution in [0.25, 0.3) is 0 Å². The SMILES string of the molecule is NC(=S)c1cc(F)ccc1Cn1ccc(C(F)(F)F)n1. The molecule has 20 heavy (non-hydrogen) atoms. The van der Waals surface area contributed by atoms with Crippen LogP contribution in [0.5, 0.6) is 0 Å². The van der Waals surface area contributed by atoms with E-state index in [2.05, 4.69) is 5.10 Å². The minimum absolute atomic E-state index is 0.0169. The molecule has 0 radical (unpaired) electrons. The van der Waals surface area contributed by atoms with E-state index in [1.165, 1.54) is 18.3 Å². The predicted octanol–water partition coefficient (Wildman–Crippen LogP) is 2.72. The fraction of sp³-hybridized carbons (Fsp3) is 0.167. The summed E-state index contributed by atoms with van der Waals surface area (Å²) >= 11 is 4.79. The van der Waals surface area contributed by atoms with Gasteiger partial charge in [0.25, 0.3) is 0 Å². The maximum absolute atomic E-state index is 13.1. The quantitative estimate of drug-likeness (QED) is 0.700. The Hall–Kier alpha value is -1.96. The molecule has 1 aromatic carbocycles. The van der Waals surface area contributed by atoms with Crippen LogP contribution in [-0.4, -0.2) is 14.8 Å². The summed E-state index contributed by atoms with van der Waals surface area (Å²) in [6.07, 6.45) is -3.31. The lowest BCUT2D eigenvalue weighted by molar-refractivity contribution is -0.141. The zero-order chi connectivity index (χ0) is 14.9. The van der Waals surface area contributed by atoms with E-state index in [0.29, 0.717) is 5.56 Å². The summed E-state index contributed by atoms with van der Waals surface area (Å²) < 4.78 is 51.5. The van der Waals surface area contributed by atoms with Gasteiger partial charge in [-0.1, -0.05) is 18.3 Å². The van der Waals surface area contributed by atoms with Crippen molar-refractivity contribution in [3.05, 3.63) is 53.1 Å². The molecule has 1 aromatic heterocycles. The Morgan fingerprint density at radius 1 is 1.30 bits per heavy atom. The highest BCUT2D eigenvalue weighted by Gasteiger charge is 2.33. The van der Waals surface area contributed by atoms with E-state index in [4.69, 9.17) is 18.0 Å². The van der Waals surface area contributed by atoms with E-state index in [0.717, 1.165) is 16.8 Å². The third-order valence-corrected chi connectivity index (χ3v) is 2.82. The van der Waals surface area contributed by atoms with E-state index >= 15 is 0 Å². The number of alkyl halides is 3. The highest BCUT2D eigenvalue weighted by Crippen LogP contribution is 2.27. The van der Waals surface area contributed by atoms with Crippen LogP contribution in [-0.2, 0) is 12.7 Å². The lowest BCUT2D eigenvalue weighted by atomic mass is 10.1. The monoisotopic (exact) mass is 303 g/mol. The van der Waals surface area contributed by atoms with Gasteiger partial charge < -0.3 is 5.73 Å². The van der Waals surface area contributed by atoms with Gasteiger partial charge in [0.15, 0.2) is 5.69 Å². The van der Waals surface area contributed by atoms with Gasteiger partial charge >= 0.3 is 6.18 Å². The number of hydrogen-bond donors (Lipinski definition) is 1. The van der Waals surface area contributed by atoms with Crippen LogP contribution < -0.4 is 5.73 Å². The predicted molar refractivity (Wildman–Crippen MR) is 68.6 cm³/mol. The number of aromatic nitrogens is 2. The zero-order valence-corrected chi connectivity index (χ0v) is 10.8. The standard InChI is InChI=1S/C12H9F4N3S/c13-8-2-1-7(9(5-8)11(17)20)6-19-4-3-10(18-19)12(14,15)16/h1-5H,6H2,(H2,17,20). The molecule has 0 aliphatic rings. The molecule has 0 unspecified atom stereocenters. The highest BCUT2D eigenvalue weighted by molar-refractivity contribution is 7.80. The van der Waals surface area contributed by atoms with E-state index in [-0.39, 0.29) is 17.1 Å². The van der Waals surface area contributed by atoms with Crippen LogP contribution >= 0.6 is 12.2 Å². The minimum Gasteiger partial charge on any atom is -0.389 e. The van der Waals surface area contributed by atoms with Crippen molar-refractivity contribution in [1.82, 2.24) is 9.78 Å². The largest absolute Gasteiger partial charge is 0.435 e. The number of nitrogens with two attached hydrogens (primary N) is 1. The third kappa shape index (κ3) is 3.13. The fourth-order valence-electron chi connectivity index (χ4n) is 1.69. The summed E-state index contributed by atoms with van der Waals surface area (Å²) in [4.78, 5) is -0.0253. The third-order valence-electron chi connectivity index (χ3n) is 2.60. The van der Waals surface area contributed by atoms with Crippen LogP contribution in [0.4, 0.5) is 17.6 Å². The van der Waals surface area contributed by atoms with E-state index in [9.17, 15) is 17.6 Å². The Morgan fingerprint density at radius 2 is 2.00 bits per heavy atom. The summed E-state index contributed by atoms with van der Waals surface area (Å²) in [5, 5.41) is 3.41. The second-order valence-electron chi connectivity index (χ2n) is 4.06. The molecule has 2 N–H and O–H groups in total. The minimum atomic E-state index is -4.50. The normalized spacial score (nSPS) is 11.6. The first-order chi connectivity index (χ1) is 9.27. The molecule has 3 nitrogen and oxygen atoms in total. The molecular formula is C12H9F4N3S. The van der Waals surface area contributed by atoms with Crippen molar-refractivity contribution in [2.75, 3.05) is 0 Å². The van der Waals surface area contributed by atoms with Gasteiger partial charge in [-0.05, 0) is 23.8 Å². The topological polar surface area (TPSA) is 43.8 Å². The van der Waals surface area contributed by atoms with Gasteiger partial charge in [0.05, 0.1) is 6.54 Å². The van der Waals surface area contributed by atoms with Crippen LogP contribution in [0, 0.1) is 5.82 Å². The maximum Gasteiger partial charge on any atom is 0.435 e.